The molecular formula is C17H15N3O5. The zero-order valence-corrected chi connectivity index (χ0v) is 13.2. The molecule has 0 atom stereocenters. The van der Waals surface area contributed by atoms with Crippen LogP contribution in [0.1, 0.15) is 15.9 Å². The van der Waals surface area contributed by atoms with Gasteiger partial charge in [0.25, 0.3) is 0 Å². The van der Waals surface area contributed by atoms with E-state index in [0.29, 0.717) is 11.3 Å². The van der Waals surface area contributed by atoms with Gasteiger partial charge in [-0.15, -0.1) is 0 Å². The SMILES string of the molecule is COc1ccc(C=NNC(=O)C(=O)Nc2cccc(C(=O)O)c2)cc1. The average Bonchev–Trinajstić information content (AvgIpc) is 2.62. The molecule has 8 nitrogen and oxygen atoms in total. The number of carbonyl (C=O) groups excluding carboxylic acids is 2. The van der Waals surface area contributed by atoms with Crippen molar-refractivity contribution in [3.63, 3.8) is 0 Å². The maximum absolute atomic E-state index is 11.8. The van der Waals surface area contributed by atoms with Gasteiger partial charge in [-0.3, -0.25) is 9.59 Å². The summed E-state index contributed by atoms with van der Waals surface area (Å²) in [4.78, 5) is 34.3. The van der Waals surface area contributed by atoms with E-state index in [1.54, 1.807) is 31.4 Å². The second-order valence-corrected chi connectivity index (χ2v) is 4.81. The number of carboxylic acid groups (broad SMARTS) is 1. The number of benzene rings is 2. The van der Waals surface area contributed by atoms with Gasteiger partial charge >= 0.3 is 17.8 Å². The maximum atomic E-state index is 11.8. The van der Waals surface area contributed by atoms with Crippen LogP contribution in [0.15, 0.2) is 53.6 Å². The molecule has 0 aliphatic carbocycles. The summed E-state index contributed by atoms with van der Waals surface area (Å²) in [6, 6.07) is 12.5. The fourth-order valence-electron chi connectivity index (χ4n) is 1.82. The third-order valence-corrected chi connectivity index (χ3v) is 3.07. The van der Waals surface area contributed by atoms with Crippen molar-refractivity contribution in [3.8, 4) is 5.75 Å². The quantitative estimate of drug-likeness (QED) is 0.433. The Morgan fingerprint density at radius 3 is 2.44 bits per heavy atom. The summed E-state index contributed by atoms with van der Waals surface area (Å²) >= 11 is 0. The Hall–Kier alpha value is -3.68. The van der Waals surface area contributed by atoms with Gasteiger partial charge in [-0.1, -0.05) is 6.07 Å². The van der Waals surface area contributed by atoms with Crippen LogP contribution in [-0.2, 0) is 9.59 Å². The van der Waals surface area contributed by atoms with E-state index in [0.717, 1.165) is 0 Å². The molecule has 2 amide bonds. The summed E-state index contributed by atoms with van der Waals surface area (Å²) in [5.74, 6) is -2.39. The Labute approximate surface area is 143 Å². The molecule has 0 fully saturated rings. The van der Waals surface area contributed by atoms with Crippen LogP contribution in [0, 0.1) is 0 Å². The molecule has 0 aromatic heterocycles. The number of hydrogen-bond acceptors (Lipinski definition) is 5. The summed E-state index contributed by atoms with van der Waals surface area (Å²) < 4.78 is 5.02. The van der Waals surface area contributed by atoms with Crippen LogP contribution in [0.2, 0.25) is 0 Å². The minimum absolute atomic E-state index is 0.00395. The van der Waals surface area contributed by atoms with Gasteiger partial charge in [0.15, 0.2) is 0 Å². The molecule has 2 aromatic carbocycles. The molecule has 2 aromatic rings. The molecular weight excluding hydrogens is 326 g/mol. The largest absolute Gasteiger partial charge is 0.497 e. The lowest BCUT2D eigenvalue weighted by Crippen LogP contribution is -2.32. The van der Waals surface area contributed by atoms with Crippen molar-refractivity contribution in [2.24, 2.45) is 5.10 Å². The van der Waals surface area contributed by atoms with Crippen molar-refractivity contribution in [1.29, 1.82) is 0 Å². The van der Waals surface area contributed by atoms with Crippen LogP contribution in [-0.4, -0.2) is 36.2 Å². The minimum atomic E-state index is -1.13. The number of nitrogens with zero attached hydrogens (tertiary/aromatic N) is 1. The number of methoxy groups -OCH3 is 1. The molecule has 0 aliphatic rings. The first-order chi connectivity index (χ1) is 12.0. The van der Waals surface area contributed by atoms with E-state index in [4.69, 9.17) is 9.84 Å². The van der Waals surface area contributed by atoms with Crippen molar-refractivity contribution >= 4 is 29.7 Å². The fraction of sp³-hybridized carbons (Fsp3) is 0.0588. The highest BCUT2D eigenvalue weighted by Gasteiger charge is 2.13. The third kappa shape index (κ3) is 5.17. The molecule has 0 heterocycles. The van der Waals surface area contributed by atoms with Gasteiger partial charge in [0.05, 0.1) is 18.9 Å². The molecule has 8 heteroatoms. The lowest BCUT2D eigenvalue weighted by atomic mass is 10.2. The Bertz CT molecular complexity index is 815. The predicted molar refractivity (Wildman–Crippen MR) is 90.8 cm³/mol. The van der Waals surface area contributed by atoms with Gasteiger partial charge in [0.1, 0.15) is 5.75 Å². The first-order valence-electron chi connectivity index (χ1n) is 7.11. The number of ether oxygens (including phenoxy) is 1. The zero-order chi connectivity index (χ0) is 18.2. The van der Waals surface area contributed by atoms with Crippen LogP contribution in [0.3, 0.4) is 0 Å². The Balaban J connectivity index is 1.91. The summed E-state index contributed by atoms with van der Waals surface area (Å²) in [5, 5.41) is 14.9. The zero-order valence-electron chi connectivity index (χ0n) is 13.2. The van der Waals surface area contributed by atoms with Gasteiger partial charge in [0, 0.05) is 5.69 Å². The topological polar surface area (TPSA) is 117 Å². The Morgan fingerprint density at radius 1 is 1.08 bits per heavy atom. The van der Waals surface area contributed by atoms with Gasteiger partial charge in [-0.2, -0.15) is 5.10 Å². The highest BCUT2D eigenvalue weighted by Crippen LogP contribution is 2.11. The Kier molecular flexibility index (Phi) is 5.83. The van der Waals surface area contributed by atoms with Crippen molar-refractivity contribution in [3.05, 3.63) is 59.7 Å². The number of amides is 2. The number of anilines is 1. The number of nitrogens with one attached hydrogen (secondary N) is 2. The molecule has 25 heavy (non-hydrogen) atoms. The van der Waals surface area contributed by atoms with E-state index in [1.165, 1.54) is 30.5 Å². The van der Waals surface area contributed by atoms with Crippen LogP contribution < -0.4 is 15.5 Å². The highest BCUT2D eigenvalue weighted by atomic mass is 16.5. The lowest BCUT2D eigenvalue weighted by Gasteiger charge is -2.04. The molecule has 0 aliphatic heterocycles. The summed E-state index contributed by atoms with van der Waals surface area (Å²) in [5.41, 5.74) is 2.98. The van der Waals surface area contributed by atoms with Crippen LogP contribution >= 0.6 is 0 Å². The van der Waals surface area contributed by atoms with E-state index in [1.807, 2.05) is 0 Å². The van der Waals surface area contributed by atoms with E-state index < -0.39 is 17.8 Å². The molecule has 128 valence electrons. The van der Waals surface area contributed by atoms with Gasteiger partial charge in [0.2, 0.25) is 0 Å². The number of carboxylic acids is 1. The van der Waals surface area contributed by atoms with Crippen LogP contribution in [0.25, 0.3) is 0 Å². The van der Waals surface area contributed by atoms with Crippen LogP contribution in [0.4, 0.5) is 5.69 Å². The standard InChI is InChI=1S/C17H15N3O5/c1-25-14-7-5-11(6-8-14)10-18-20-16(22)15(21)19-13-4-2-3-12(9-13)17(23)24/h2-10H,1H3,(H,19,21)(H,20,22)(H,23,24). The first kappa shape index (κ1) is 17.7. The predicted octanol–water partition coefficient (Wildman–Crippen LogP) is 1.48. The van der Waals surface area contributed by atoms with E-state index >= 15 is 0 Å². The third-order valence-electron chi connectivity index (χ3n) is 3.07. The van der Waals surface area contributed by atoms with Crippen molar-refractivity contribution in [1.82, 2.24) is 5.43 Å². The molecule has 3 N–H and O–H groups in total. The van der Waals surface area contributed by atoms with Crippen molar-refractivity contribution in [2.45, 2.75) is 0 Å². The number of rotatable bonds is 5. The lowest BCUT2D eigenvalue weighted by molar-refractivity contribution is -0.136. The molecule has 2 rings (SSSR count). The molecule has 0 bridgehead atoms. The van der Waals surface area contributed by atoms with Gasteiger partial charge < -0.3 is 15.2 Å². The Morgan fingerprint density at radius 2 is 1.80 bits per heavy atom. The molecule has 0 unspecified atom stereocenters. The summed E-state index contributed by atoms with van der Waals surface area (Å²) in [6.07, 6.45) is 1.37. The second kappa shape index (κ2) is 8.25. The fourth-order valence-corrected chi connectivity index (χ4v) is 1.82. The molecule has 0 spiro atoms. The van der Waals surface area contributed by atoms with E-state index in [9.17, 15) is 14.4 Å². The molecule has 0 radical (unpaired) electrons. The number of carbonyl (C=O) groups is 3. The van der Waals surface area contributed by atoms with Gasteiger partial charge in [-0.25, -0.2) is 10.2 Å². The molecule has 0 saturated heterocycles. The number of aromatic carboxylic acids is 1. The second-order valence-electron chi connectivity index (χ2n) is 4.81. The number of hydrogen-bond donors (Lipinski definition) is 3. The highest BCUT2D eigenvalue weighted by molar-refractivity contribution is 6.39. The smallest absolute Gasteiger partial charge is 0.335 e. The maximum Gasteiger partial charge on any atom is 0.335 e. The van der Waals surface area contributed by atoms with E-state index in [-0.39, 0.29) is 11.3 Å². The van der Waals surface area contributed by atoms with E-state index in [2.05, 4.69) is 15.8 Å². The normalized spacial score (nSPS) is 10.3. The number of hydrazone groups is 1. The summed E-state index contributed by atoms with van der Waals surface area (Å²) in [6.45, 7) is 0. The molecule has 0 saturated carbocycles. The van der Waals surface area contributed by atoms with Gasteiger partial charge in [-0.05, 0) is 48.0 Å². The average molecular weight is 341 g/mol. The first-order valence-corrected chi connectivity index (χ1v) is 7.11. The van der Waals surface area contributed by atoms with Crippen molar-refractivity contribution in [2.75, 3.05) is 12.4 Å². The minimum Gasteiger partial charge on any atom is -0.497 e. The monoisotopic (exact) mass is 341 g/mol. The summed E-state index contributed by atoms with van der Waals surface area (Å²) in [7, 11) is 1.55. The van der Waals surface area contributed by atoms with Crippen LogP contribution in [0.5, 0.6) is 5.75 Å². The van der Waals surface area contributed by atoms with Crippen molar-refractivity contribution < 1.29 is 24.2 Å².